The normalized spacial score (nSPS) is 11.6. The molecule has 2 rings (SSSR count). The van der Waals surface area contributed by atoms with Gasteiger partial charge in [0.25, 0.3) is 0 Å². The molecule has 0 aliphatic carbocycles. The molecule has 22 heavy (non-hydrogen) atoms. The maximum Gasteiger partial charge on any atom is 0.530 e. The van der Waals surface area contributed by atoms with Crippen molar-refractivity contribution in [3.05, 3.63) is 36.4 Å². The zero-order valence-corrected chi connectivity index (χ0v) is 14.3. The number of phosphoric acid groups is 1. The summed E-state index contributed by atoms with van der Waals surface area (Å²) in [5.41, 5.74) is 0.979. The molecule has 0 N–H and O–H groups in total. The summed E-state index contributed by atoms with van der Waals surface area (Å²) in [5.74, 6) is 0.493. The standard InChI is InChI=1S/C16H22NO4P/c1-5-19-22(18,20-6-2)21-15-12-8-10-13-9-7-11-14(16(13)15)17(3)4/h7-12H,5-6H2,1-4H3. The third kappa shape index (κ3) is 3.61. The Morgan fingerprint density at radius 1 is 1.00 bits per heavy atom. The Morgan fingerprint density at radius 3 is 2.14 bits per heavy atom. The smallest absolute Gasteiger partial charge is 0.403 e. The molecule has 0 saturated heterocycles. The summed E-state index contributed by atoms with van der Waals surface area (Å²) >= 11 is 0. The van der Waals surface area contributed by atoms with Crippen LogP contribution in [0.1, 0.15) is 13.8 Å². The number of anilines is 1. The van der Waals surface area contributed by atoms with E-state index >= 15 is 0 Å². The fourth-order valence-corrected chi connectivity index (χ4v) is 3.47. The first-order valence-corrected chi connectivity index (χ1v) is 8.74. The van der Waals surface area contributed by atoms with E-state index < -0.39 is 7.82 Å². The molecule has 0 spiro atoms. The summed E-state index contributed by atoms with van der Waals surface area (Å²) in [5, 5.41) is 1.89. The van der Waals surface area contributed by atoms with E-state index in [0.29, 0.717) is 5.75 Å². The van der Waals surface area contributed by atoms with Crippen LogP contribution in [-0.4, -0.2) is 27.3 Å². The molecule has 0 aromatic heterocycles. The minimum atomic E-state index is -3.61. The SMILES string of the molecule is CCOP(=O)(OCC)Oc1cccc2cccc(N(C)C)c12. The fraction of sp³-hybridized carbons (Fsp3) is 0.375. The van der Waals surface area contributed by atoms with Gasteiger partial charge >= 0.3 is 7.82 Å². The van der Waals surface area contributed by atoms with E-state index in [4.69, 9.17) is 13.6 Å². The largest absolute Gasteiger partial charge is 0.530 e. The molecule has 6 heteroatoms. The maximum atomic E-state index is 12.6. The zero-order valence-electron chi connectivity index (χ0n) is 13.4. The number of benzene rings is 2. The van der Waals surface area contributed by atoms with Crippen LogP contribution in [-0.2, 0) is 13.6 Å². The lowest BCUT2D eigenvalue weighted by Gasteiger charge is -2.21. The van der Waals surface area contributed by atoms with Crippen LogP contribution in [0.15, 0.2) is 36.4 Å². The number of fused-ring (bicyclic) bond motifs is 1. The lowest BCUT2D eigenvalue weighted by molar-refractivity contribution is 0.168. The maximum absolute atomic E-state index is 12.6. The molecule has 0 radical (unpaired) electrons. The summed E-state index contributed by atoms with van der Waals surface area (Å²) in [6, 6.07) is 11.6. The molecule has 5 nitrogen and oxygen atoms in total. The second-order valence-corrected chi connectivity index (χ2v) is 6.49. The van der Waals surface area contributed by atoms with Crippen LogP contribution >= 0.6 is 7.82 Å². The summed E-state index contributed by atoms with van der Waals surface area (Å²) in [7, 11) is 0.295. The highest BCUT2D eigenvalue weighted by Gasteiger charge is 2.28. The second-order valence-electron chi connectivity index (χ2n) is 4.90. The van der Waals surface area contributed by atoms with Gasteiger partial charge in [0.05, 0.1) is 13.2 Å². The number of hydrogen-bond acceptors (Lipinski definition) is 5. The van der Waals surface area contributed by atoms with Crippen molar-refractivity contribution in [1.82, 2.24) is 0 Å². The minimum absolute atomic E-state index is 0.253. The molecular formula is C16H22NO4P. The summed E-state index contributed by atoms with van der Waals surface area (Å²) in [6.07, 6.45) is 0. The first kappa shape index (κ1) is 16.8. The van der Waals surface area contributed by atoms with Gasteiger partial charge in [0.2, 0.25) is 0 Å². The van der Waals surface area contributed by atoms with E-state index in [2.05, 4.69) is 0 Å². The molecule has 0 fully saturated rings. The lowest BCUT2D eigenvalue weighted by Crippen LogP contribution is -2.09. The monoisotopic (exact) mass is 323 g/mol. The van der Waals surface area contributed by atoms with E-state index in [1.165, 1.54) is 0 Å². The quantitative estimate of drug-likeness (QED) is 0.704. The molecule has 0 heterocycles. The van der Waals surface area contributed by atoms with Crippen molar-refractivity contribution in [3.8, 4) is 5.75 Å². The van der Waals surface area contributed by atoms with Gasteiger partial charge < -0.3 is 9.42 Å². The Labute approximate surface area is 131 Å². The van der Waals surface area contributed by atoms with Crippen molar-refractivity contribution in [2.24, 2.45) is 0 Å². The minimum Gasteiger partial charge on any atom is -0.403 e. The third-order valence-electron chi connectivity index (χ3n) is 3.11. The van der Waals surface area contributed by atoms with Crippen LogP contribution in [0.4, 0.5) is 5.69 Å². The summed E-state index contributed by atoms with van der Waals surface area (Å²) in [6.45, 7) is 4.01. The molecule has 0 aliphatic heterocycles. The molecule has 2 aromatic rings. The van der Waals surface area contributed by atoms with Gasteiger partial charge in [-0.25, -0.2) is 4.57 Å². The van der Waals surface area contributed by atoms with Crippen LogP contribution in [0, 0.1) is 0 Å². The van der Waals surface area contributed by atoms with Gasteiger partial charge in [-0.15, -0.1) is 0 Å². The molecule has 0 atom stereocenters. The molecular weight excluding hydrogens is 301 g/mol. The average molecular weight is 323 g/mol. The van der Waals surface area contributed by atoms with Crippen molar-refractivity contribution in [1.29, 1.82) is 0 Å². The predicted molar refractivity (Wildman–Crippen MR) is 89.8 cm³/mol. The summed E-state index contributed by atoms with van der Waals surface area (Å²) < 4.78 is 28.7. The van der Waals surface area contributed by atoms with Gasteiger partial charge in [0, 0.05) is 25.2 Å². The van der Waals surface area contributed by atoms with E-state index in [0.717, 1.165) is 16.5 Å². The third-order valence-corrected chi connectivity index (χ3v) is 4.68. The molecule has 0 amide bonds. The van der Waals surface area contributed by atoms with Crippen LogP contribution in [0.3, 0.4) is 0 Å². The number of nitrogens with zero attached hydrogens (tertiary/aromatic N) is 1. The lowest BCUT2D eigenvalue weighted by atomic mass is 10.1. The summed E-state index contributed by atoms with van der Waals surface area (Å²) in [4.78, 5) is 1.99. The molecule has 0 unspecified atom stereocenters. The van der Waals surface area contributed by atoms with Crippen molar-refractivity contribution >= 4 is 24.3 Å². The van der Waals surface area contributed by atoms with E-state index in [1.54, 1.807) is 19.9 Å². The van der Waals surface area contributed by atoms with Gasteiger partial charge in [0.1, 0.15) is 5.75 Å². The van der Waals surface area contributed by atoms with Crippen LogP contribution in [0.2, 0.25) is 0 Å². The van der Waals surface area contributed by atoms with Crippen molar-refractivity contribution in [3.63, 3.8) is 0 Å². The van der Waals surface area contributed by atoms with Gasteiger partial charge in [-0.05, 0) is 31.4 Å². The Balaban J connectivity index is 2.53. The van der Waals surface area contributed by atoms with Crippen molar-refractivity contribution in [2.75, 3.05) is 32.2 Å². The molecule has 0 bridgehead atoms. The van der Waals surface area contributed by atoms with E-state index in [9.17, 15) is 4.57 Å². The number of hydrogen-bond donors (Lipinski definition) is 0. The van der Waals surface area contributed by atoms with Crippen LogP contribution < -0.4 is 9.42 Å². The highest BCUT2D eigenvalue weighted by atomic mass is 31.2. The number of phosphoric ester groups is 1. The zero-order chi connectivity index (χ0) is 16.2. The Bertz CT molecular complexity index is 672. The Hall–Kier alpha value is -1.55. The van der Waals surface area contributed by atoms with Gasteiger partial charge in [-0.1, -0.05) is 24.3 Å². The first-order valence-electron chi connectivity index (χ1n) is 7.28. The Morgan fingerprint density at radius 2 is 1.59 bits per heavy atom. The highest BCUT2D eigenvalue weighted by Crippen LogP contribution is 2.51. The number of rotatable bonds is 7. The van der Waals surface area contributed by atoms with Crippen molar-refractivity contribution in [2.45, 2.75) is 13.8 Å². The van der Waals surface area contributed by atoms with E-state index in [-0.39, 0.29) is 13.2 Å². The fourth-order valence-electron chi connectivity index (χ4n) is 2.26. The topological polar surface area (TPSA) is 48.0 Å². The van der Waals surface area contributed by atoms with Gasteiger partial charge in [-0.2, -0.15) is 0 Å². The first-order chi connectivity index (χ1) is 10.5. The van der Waals surface area contributed by atoms with Crippen LogP contribution in [0.25, 0.3) is 10.8 Å². The molecule has 120 valence electrons. The highest BCUT2D eigenvalue weighted by molar-refractivity contribution is 7.48. The van der Waals surface area contributed by atoms with Gasteiger partial charge in [0.15, 0.2) is 0 Å². The predicted octanol–water partition coefficient (Wildman–Crippen LogP) is 4.47. The average Bonchev–Trinajstić information content (AvgIpc) is 2.47. The van der Waals surface area contributed by atoms with Crippen LogP contribution in [0.5, 0.6) is 5.75 Å². The molecule has 0 aliphatic rings. The van der Waals surface area contributed by atoms with Gasteiger partial charge in [-0.3, -0.25) is 9.05 Å². The molecule has 0 saturated carbocycles. The molecule has 2 aromatic carbocycles. The van der Waals surface area contributed by atoms with Crippen molar-refractivity contribution < 1.29 is 18.1 Å². The van der Waals surface area contributed by atoms with E-state index in [1.807, 2.05) is 49.3 Å². The second kappa shape index (κ2) is 7.14. The Kier molecular flexibility index (Phi) is 5.46.